The fourth-order valence-corrected chi connectivity index (χ4v) is 3.56. The normalized spacial score (nSPS) is 12.2. The van der Waals surface area contributed by atoms with Gasteiger partial charge in [0.25, 0.3) is 5.91 Å². The van der Waals surface area contributed by atoms with E-state index < -0.39 is 11.6 Å². The molecule has 0 bridgehead atoms. The average Bonchev–Trinajstić information content (AvgIpc) is 2.68. The zero-order valence-corrected chi connectivity index (χ0v) is 21.0. The first-order valence-electron chi connectivity index (χ1n) is 10.3. The molecule has 1 atom stereocenters. The second-order valence-corrected chi connectivity index (χ2v) is 9.74. The summed E-state index contributed by atoms with van der Waals surface area (Å²) in [5.41, 5.74) is 1.38. The summed E-state index contributed by atoms with van der Waals surface area (Å²) in [6.45, 7) is 9.62. The molecule has 31 heavy (non-hydrogen) atoms. The first kappa shape index (κ1) is 25.2. The standard InChI is InChI=1S/C24H30BrClN2O3/c1-6-21(23(30)27-24(3,4)5)28(14-17-9-7-8-10-20(17)26)22(29)15-31-18-11-12-19(25)16(2)13-18/h7-13,21H,6,14-15H2,1-5H3,(H,27,30)/t21-/m0/s1. The van der Waals surface area contributed by atoms with Crippen molar-refractivity contribution in [1.82, 2.24) is 10.2 Å². The Balaban J connectivity index is 2.26. The van der Waals surface area contributed by atoms with Crippen LogP contribution in [0.2, 0.25) is 5.02 Å². The highest BCUT2D eigenvalue weighted by Gasteiger charge is 2.31. The molecule has 0 fully saturated rings. The lowest BCUT2D eigenvalue weighted by atomic mass is 10.1. The van der Waals surface area contributed by atoms with Crippen LogP contribution in [0.25, 0.3) is 0 Å². The quantitative estimate of drug-likeness (QED) is 0.510. The van der Waals surface area contributed by atoms with Crippen molar-refractivity contribution in [3.05, 3.63) is 63.1 Å². The number of carbonyl (C=O) groups excluding carboxylic acids is 2. The van der Waals surface area contributed by atoms with Gasteiger partial charge in [0.05, 0.1) is 0 Å². The molecule has 2 rings (SSSR count). The second kappa shape index (κ2) is 11.0. The third-order valence-corrected chi connectivity index (χ3v) is 5.93. The maximum Gasteiger partial charge on any atom is 0.261 e. The number of benzene rings is 2. The van der Waals surface area contributed by atoms with Crippen molar-refractivity contribution in [2.75, 3.05) is 6.61 Å². The van der Waals surface area contributed by atoms with Crippen molar-refractivity contribution in [3.8, 4) is 5.75 Å². The lowest BCUT2D eigenvalue weighted by Crippen LogP contribution is -2.54. The molecule has 2 amide bonds. The van der Waals surface area contributed by atoms with Crippen molar-refractivity contribution in [2.45, 2.75) is 59.2 Å². The highest BCUT2D eigenvalue weighted by molar-refractivity contribution is 9.10. The number of amides is 2. The van der Waals surface area contributed by atoms with Gasteiger partial charge in [-0.1, -0.05) is 52.7 Å². The molecule has 1 N–H and O–H groups in total. The molecule has 0 saturated heterocycles. The van der Waals surface area contributed by atoms with E-state index in [1.165, 1.54) is 0 Å². The fourth-order valence-electron chi connectivity index (χ4n) is 3.12. The molecule has 7 heteroatoms. The summed E-state index contributed by atoms with van der Waals surface area (Å²) < 4.78 is 6.72. The molecule has 0 aromatic heterocycles. The third kappa shape index (κ3) is 7.54. The molecule has 0 spiro atoms. The van der Waals surface area contributed by atoms with Crippen molar-refractivity contribution in [2.24, 2.45) is 0 Å². The topological polar surface area (TPSA) is 58.6 Å². The maximum atomic E-state index is 13.2. The van der Waals surface area contributed by atoms with Gasteiger partial charge in [-0.05, 0) is 69.5 Å². The van der Waals surface area contributed by atoms with Crippen LogP contribution in [0.3, 0.4) is 0 Å². The second-order valence-electron chi connectivity index (χ2n) is 8.48. The van der Waals surface area contributed by atoms with Gasteiger partial charge in [-0.2, -0.15) is 0 Å². The molecular formula is C24H30BrClN2O3. The Morgan fingerprint density at radius 3 is 2.45 bits per heavy atom. The Morgan fingerprint density at radius 2 is 1.87 bits per heavy atom. The van der Waals surface area contributed by atoms with Gasteiger partial charge < -0.3 is 15.0 Å². The Morgan fingerprint density at radius 1 is 1.19 bits per heavy atom. The van der Waals surface area contributed by atoms with Gasteiger partial charge in [-0.25, -0.2) is 0 Å². The highest BCUT2D eigenvalue weighted by atomic mass is 79.9. The zero-order valence-electron chi connectivity index (χ0n) is 18.7. The number of hydrogen-bond donors (Lipinski definition) is 1. The molecule has 0 radical (unpaired) electrons. The molecule has 0 aliphatic heterocycles. The number of rotatable bonds is 8. The summed E-state index contributed by atoms with van der Waals surface area (Å²) in [7, 11) is 0. The molecular weight excluding hydrogens is 480 g/mol. The first-order valence-corrected chi connectivity index (χ1v) is 11.4. The van der Waals surface area contributed by atoms with Gasteiger partial charge in [0.2, 0.25) is 5.91 Å². The molecule has 0 saturated carbocycles. The number of hydrogen-bond acceptors (Lipinski definition) is 3. The Labute approximate surface area is 198 Å². The van der Waals surface area contributed by atoms with E-state index in [0.717, 1.165) is 15.6 Å². The summed E-state index contributed by atoms with van der Waals surface area (Å²) in [4.78, 5) is 27.8. The fraction of sp³-hybridized carbons (Fsp3) is 0.417. The third-order valence-electron chi connectivity index (χ3n) is 4.67. The number of carbonyl (C=O) groups is 2. The van der Waals surface area contributed by atoms with Crippen molar-refractivity contribution >= 4 is 39.3 Å². The van der Waals surface area contributed by atoms with Gasteiger partial charge in [-0.15, -0.1) is 0 Å². The van der Waals surface area contributed by atoms with E-state index in [1.54, 1.807) is 17.0 Å². The Bertz CT molecular complexity index is 927. The number of nitrogens with zero attached hydrogens (tertiary/aromatic N) is 1. The molecule has 0 unspecified atom stereocenters. The van der Waals surface area contributed by atoms with Gasteiger partial charge in [-0.3, -0.25) is 9.59 Å². The maximum absolute atomic E-state index is 13.2. The zero-order chi connectivity index (χ0) is 23.2. The van der Waals surface area contributed by atoms with Crippen LogP contribution in [-0.2, 0) is 16.1 Å². The van der Waals surface area contributed by atoms with Gasteiger partial charge in [0.1, 0.15) is 11.8 Å². The average molecular weight is 510 g/mol. The molecule has 0 aliphatic rings. The van der Waals surface area contributed by atoms with E-state index in [-0.39, 0.29) is 25.0 Å². The minimum Gasteiger partial charge on any atom is -0.484 e. The van der Waals surface area contributed by atoms with E-state index >= 15 is 0 Å². The SMILES string of the molecule is CC[C@@H](C(=O)NC(C)(C)C)N(Cc1ccccc1Cl)C(=O)COc1ccc(Br)c(C)c1. The summed E-state index contributed by atoms with van der Waals surface area (Å²) in [5, 5.41) is 3.53. The Hall–Kier alpha value is -2.05. The van der Waals surface area contributed by atoms with Crippen LogP contribution in [0.5, 0.6) is 5.75 Å². The summed E-state index contributed by atoms with van der Waals surface area (Å²) in [6, 6.07) is 12.2. The van der Waals surface area contributed by atoms with Gasteiger partial charge in [0, 0.05) is 21.6 Å². The number of halogens is 2. The lowest BCUT2D eigenvalue weighted by molar-refractivity contribution is -0.143. The molecule has 168 valence electrons. The monoisotopic (exact) mass is 508 g/mol. The van der Waals surface area contributed by atoms with E-state index in [4.69, 9.17) is 16.3 Å². The van der Waals surface area contributed by atoms with E-state index in [9.17, 15) is 9.59 Å². The summed E-state index contributed by atoms with van der Waals surface area (Å²) >= 11 is 9.79. The van der Waals surface area contributed by atoms with Crippen LogP contribution >= 0.6 is 27.5 Å². The van der Waals surface area contributed by atoms with Crippen LogP contribution in [0.15, 0.2) is 46.9 Å². The van der Waals surface area contributed by atoms with Crippen molar-refractivity contribution in [3.63, 3.8) is 0 Å². The minimum absolute atomic E-state index is 0.176. The van der Waals surface area contributed by atoms with Crippen molar-refractivity contribution < 1.29 is 14.3 Å². The minimum atomic E-state index is -0.641. The number of nitrogens with one attached hydrogen (secondary N) is 1. The number of ether oxygens (including phenoxy) is 1. The largest absolute Gasteiger partial charge is 0.484 e. The van der Waals surface area contributed by atoms with E-state index in [2.05, 4.69) is 21.2 Å². The van der Waals surface area contributed by atoms with Gasteiger partial charge in [0.15, 0.2) is 6.61 Å². The molecule has 0 heterocycles. The smallest absolute Gasteiger partial charge is 0.261 e. The van der Waals surface area contributed by atoms with Gasteiger partial charge >= 0.3 is 0 Å². The number of aryl methyl sites for hydroxylation is 1. The lowest BCUT2D eigenvalue weighted by Gasteiger charge is -2.33. The van der Waals surface area contributed by atoms with Crippen LogP contribution in [0, 0.1) is 6.92 Å². The predicted molar refractivity (Wildman–Crippen MR) is 128 cm³/mol. The van der Waals surface area contributed by atoms with Crippen LogP contribution < -0.4 is 10.1 Å². The van der Waals surface area contributed by atoms with Crippen LogP contribution in [-0.4, -0.2) is 34.9 Å². The summed E-state index contributed by atoms with van der Waals surface area (Å²) in [5.74, 6) is 0.116. The van der Waals surface area contributed by atoms with Crippen molar-refractivity contribution in [1.29, 1.82) is 0 Å². The first-order chi connectivity index (χ1) is 14.5. The van der Waals surface area contributed by atoms with Crippen LogP contribution in [0.1, 0.15) is 45.2 Å². The molecule has 2 aromatic carbocycles. The van der Waals surface area contributed by atoms with E-state index in [0.29, 0.717) is 17.2 Å². The van der Waals surface area contributed by atoms with E-state index in [1.807, 2.05) is 65.0 Å². The Kier molecular flexibility index (Phi) is 8.95. The highest BCUT2D eigenvalue weighted by Crippen LogP contribution is 2.23. The molecule has 5 nitrogen and oxygen atoms in total. The molecule has 0 aliphatic carbocycles. The molecule has 2 aromatic rings. The van der Waals surface area contributed by atoms with Crippen LogP contribution in [0.4, 0.5) is 0 Å². The summed E-state index contributed by atoms with van der Waals surface area (Å²) in [6.07, 6.45) is 0.468. The predicted octanol–water partition coefficient (Wildman–Crippen LogP) is 5.51.